The Kier molecular flexibility index (Phi) is 27.8. The minimum atomic E-state index is -6.07. The minimum absolute atomic E-state index is 0.0279. The first-order chi connectivity index (χ1) is 63.7. The molecular formula is C60H77N24O45P7. The number of nitrogens with one attached hydrogen (secondary N) is 5. The van der Waals surface area contributed by atoms with Crippen molar-refractivity contribution in [1.29, 1.82) is 0 Å². The van der Waals surface area contributed by atoms with Gasteiger partial charge in [0.05, 0.1) is 65.0 Å². The third-order valence-corrected chi connectivity index (χ3v) is 27.3. The summed E-state index contributed by atoms with van der Waals surface area (Å²) in [5, 5.41) is 47.9. The van der Waals surface area contributed by atoms with E-state index in [-0.39, 0.29) is 39.3 Å². The monoisotopic (exact) mass is 2070 g/mol. The van der Waals surface area contributed by atoms with Gasteiger partial charge in [-0.05, 0) is 13.8 Å². The molecule has 26 N–H and O–H groups in total. The summed E-state index contributed by atoms with van der Waals surface area (Å²) < 4.78 is 200. The smallest absolute Gasteiger partial charge is 0.386 e. The lowest BCUT2D eigenvalue weighted by Crippen LogP contribution is -2.38. The Balaban J connectivity index is 0.640. The van der Waals surface area contributed by atoms with Crippen molar-refractivity contribution in [2.75, 3.05) is 62.6 Å². The fourth-order valence-corrected chi connectivity index (χ4v) is 21.0. The highest BCUT2D eigenvalue weighted by molar-refractivity contribution is 7.48. The third-order valence-electron chi connectivity index (χ3n) is 21.3. The molecule has 0 saturated carbocycles. The van der Waals surface area contributed by atoms with Gasteiger partial charge in [-0.2, -0.15) is 15.0 Å². The van der Waals surface area contributed by atoms with Crippen molar-refractivity contribution >= 4 is 123 Å². The van der Waals surface area contributed by atoms with Gasteiger partial charge < -0.3 is 116 Å². The maximum absolute atomic E-state index is 14.7. The summed E-state index contributed by atoms with van der Waals surface area (Å²) in [6.07, 6.45) is -40.3. The zero-order chi connectivity index (χ0) is 98.0. The molecule has 5 unspecified atom stereocenters. The molecular weight excluding hydrogens is 1990 g/mol. The molecule has 16 heterocycles. The Morgan fingerprint density at radius 1 is 0.353 bits per heavy atom. The Labute approximate surface area is 748 Å². The number of ether oxygens (including phenoxy) is 6. The molecule has 76 heteroatoms. The number of aromatic amines is 5. The molecule has 69 nitrogen and oxygen atoms in total. The van der Waals surface area contributed by atoms with E-state index in [1.54, 1.807) is 0 Å². The van der Waals surface area contributed by atoms with Gasteiger partial charge >= 0.3 is 66.1 Å². The normalized spacial score (nSPS) is 30.1. The molecule has 27 atom stereocenters. The van der Waals surface area contributed by atoms with Crippen LogP contribution in [0, 0.1) is 13.8 Å². The number of hydrogen-bond donors (Lipinski definition) is 22. The second-order valence-corrected chi connectivity index (χ2v) is 39.9. The van der Waals surface area contributed by atoms with Crippen molar-refractivity contribution < 1.29 is 179 Å². The van der Waals surface area contributed by atoms with Gasteiger partial charge in [0.25, 0.3) is 27.8 Å². The number of hydrogen-bond acceptors (Lipinski definition) is 49. The first-order valence-corrected chi connectivity index (χ1v) is 49.4. The summed E-state index contributed by atoms with van der Waals surface area (Å²) in [5.41, 5.74) is 13.7. The van der Waals surface area contributed by atoms with E-state index in [4.69, 9.17) is 101 Å². The average molecular weight is 2070 g/mol. The number of rotatable bonds is 36. The second kappa shape index (κ2) is 37.9. The first kappa shape index (κ1) is 99.5. The van der Waals surface area contributed by atoms with Gasteiger partial charge in [-0.25, -0.2) is 71.4 Å². The van der Waals surface area contributed by atoms with Crippen molar-refractivity contribution in [3.63, 3.8) is 0 Å². The van der Waals surface area contributed by atoms with E-state index < -0.39 is 322 Å². The fourth-order valence-electron chi connectivity index (χ4n) is 15.3. The number of aromatic nitrogens is 20. The van der Waals surface area contributed by atoms with E-state index in [1.807, 2.05) is 9.97 Å². The van der Waals surface area contributed by atoms with Crippen LogP contribution in [-0.2, 0) is 115 Å². The van der Waals surface area contributed by atoms with Gasteiger partial charge in [0.15, 0.2) is 69.9 Å². The van der Waals surface area contributed by atoms with Crippen LogP contribution >= 0.6 is 54.8 Å². The van der Waals surface area contributed by atoms with Crippen molar-refractivity contribution in [3.8, 4) is 0 Å². The van der Waals surface area contributed by atoms with Gasteiger partial charge in [0, 0.05) is 36.4 Å². The predicted molar refractivity (Wildman–Crippen MR) is 434 cm³/mol. The van der Waals surface area contributed by atoms with E-state index in [2.05, 4.69) is 64.3 Å². The summed E-state index contributed by atoms with van der Waals surface area (Å²) in [7, 11) is -40.4. The Bertz CT molecular complexity index is 7080. The number of phosphoric acid groups is 7. The average Bonchev–Trinajstić information content (AvgIpc) is 1.62. The van der Waals surface area contributed by atoms with E-state index in [0.717, 1.165) is 71.4 Å². The van der Waals surface area contributed by atoms with Gasteiger partial charge in [-0.3, -0.25) is 131 Å². The van der Waals surface area contributed by atoms with Crippen LogP contribution in [0.25, 0.3) is 44.7 Å². The molecule has 0 aromatic carbocycles. The lowest BCUT2D eigenvalue weighted by Gasteiger charge is -2.27. The molecule has 0 radical (unpaired) electrons. The van der Waals surface area contributed by atoms with Crippen LogP contribution < -0.4 is 62.1 Å². The van der Waals surface area contributed by atoms with Crippen LogP contribution in [-0.4, -0.2) is 299 Å². The highest BCUT2D eigenvalue weighted by Crippen LogP contribution is 2.58. The molecule has 742 valence electrons. The molecule has 6 aliphatic heterocycles. The van der Waals surface area contributed by atoms with E-state index in [1.165, 1.54) is 13.8 Å². The van der Waals surface area contributed by atoms with E-state index in [9.17, 15) is 130 Å². The summed E-state index contributed by atoms with van der Waals surface area (Å²) in [6.45, 7) is -5.39. The molecule has 6 fully saturated rings. The van der Waals surface area contributed by atoms with Crippen LogP contribution in [0.3, 0.4) is 0 Å². The number of aliphatic hydroxyl groups is 4. The van der Waals surface area contributed by atoms with Gasteiger partial charge in [0.1, 0.15) is 122 Å². The number of nitrogens with two attached hydrogens (primary N) is 4. The zero-order valence-corrected chi connectivity index (χ0v) is 74.7. The maximum atomic E-state index is 14.7. The third kappa shape index (κ3) is 21.3. The summed E-state index contributed by atoms with van der Waals surface area (Å²) in [5.74, 6) is -1.82. The van der Waals surface area contributed by atoms with Crippen LogP contribution in [0.5, 0.6) is 0 Å². The quantitative estimate of drug-likeness (QED) is 0.0162. The largest absolute Gasteiger partial charge is 0.472 e. The van der Waals surface area contributed by atoms with Crippen LogP contribution in [0.15, 0.2) is 77.6 Å². The molecule has 0 amide bonds. The summed E-state index contributed by atoms with van der Waals surface area (Å²) >= 11 is 0. The lowest BCUT2D eigenvalue weighted by atomic mass is 10.1. The van der Waals surface area contributed by atoms with Crippen molar-refractivity contribution in [1.82, 2.24) is 97.2 Å². The number of aliphatic hydroxyl groups excluding tert-OH is 4. The summed E-state index contributed by atoms with van der Waals surface area (Å²) in [6, 6.07) is 0. The molecule has 16 rings (SSSR count). The van der Waals surface area contributed by atoms with E-state index >= 15 is 0 Å². The van der Waals surface area contributed by atoms with Crippen LogP contribution in [0.4, 0.5) is 23.7 Å². The zero-order valence-electron chi connectivity index (χ0n) is 68.4. The molecule has 6 saturated heterocycles. The van der Waals surface area contributed by atoms with Crippen molar-refractivity contribution in [3.05, 3.63) is 128 Å². The van der Waals surface area contributed by atoms with Crippen LogP contribution in [0.1, 0.15) is 61.3 Å². The minimum Gasteiger partial charge on any atom is -0.386 e. The number of nitrogen functional groups attached to an aromatic ring is 4. The number of nitrogens with zero attached hydrogens (tertiary/aromatic N) is 15. The topological polar surface area (TPSA) is 997 Å². The van der Waals surface area contributed by atoms with Crippen molar-refractivity contribution in [2.45, 2.75) is 162 Å². The van der Waals surface area contributed by atoms with Gasteiger partial charge in [-0.1, -0.05) is 0 Å². The SMILES string of the molecule is Cc1cn([C@H]2C[C@H](OP(=O)(O)OC[C@H]3O[C@@H](n4cc(C)c(=O)[nH]c4=O)C[C@@H]3OP(=O)(O)OC[C@H]3O[C@@H](n4cnc5c(N)ncnc54)[C@H](O)[C@@H]3OP(=O)(O)OC[C@H]3O[C@@H](n4cnc5c(=O)[nH]c(N)nc54)[C@H](O)[C@@H]3OP(=O)(O)OC[C@H]3O[C@@H](n4cnc5c(=O)[nH]c(N)nc54)[C@H](O)[C@@H]3OP(=O)(O)OC[C@H]3O[C@@H](n4cnc5c(=O)[nH]c(N)nc54)[C@H](O)[C@@H]3OP(=O)(O)O)[C@@H](COP(=O)(O)O)O2)c(=O)[nH]c1=O. The molecule has 0 bridgehead atoms. The fraction of sp³-hybridized carbons (Fsp3) is 0.533. The number of anilines is 4. The molecule has 0 aliphatic carbocycles. The first-order valence-electron chi connectivity index (χ1n) is 38.9. The van der Waals surface area contributed by atoms with Gasteiger partial charge in [0.2, 0.25) is 17.8 Å². The number of imidazole rings is 4. The molecule has 10 aromatic heterocycles. The number of aryl methyl sites for hydroxylation is 2. The highest BCUT2D eigenvalue weighted by Gasteiger charge is 2.58. The molecule has 0 spiro atoms. The van der Waals surface area contributed by atoms with Gasteiger partial charge in [-0.15, -0.1) is 0 Å². The number of fused-ring (bicyclic) bond motifs is 4. The standard InChI is InChI=1S/C60H77N24O45P7/c1-18-5-79(59(94)77-47(18)89)28-3-20(22(118-28)7-112-130(96,97)98)124-132(102,103)113-8-23-21(4-29(119-23)80-6-19(2)48(90)78-60(80)95)125-133(104,105)114-10-25-39(35(86)52(121-25)81-14-67-30-42(61)65-13-66-43(30)81)127-135(108,109)116-11-27-41(37(88)55(123-27)84-17-70-33-46(84)73-58(64)76-51(33)93)129-136(110,111)117-12-26-40(36(87)54(122-26)83-16-69-32-45(83)72-57(63)75-50(32)92)128-134(106,107)115-9-24-38(126-131(99,100)101)34(85)53(120-24)82-15-68-31-44(82)71-56(62)74-49(31)91/h5-6,13-17,20-29,34-41,52-55,85-88H,3-4,7-12H2,1-2H3,(H,102,103)(H,104,105)(H,106,107)(H,108,109)(H,110,111)(H2,61,65,66)(H,77,89,94)(H,78,90,95)(H2,96,97,98)(H2,99,100,101)(H3,62,71,74,91)(H3,63,72,75,92)(H3,64,73,76,93)/t20-,21-,22+,23+,24+,25+,26+,27+,28+,29+,34+,35+,36+,37+,38+,39+,40+,41+,52+,53+,54+,55+/m0/s1. The molecule has 6 aliphatic rings. The Hall–Kier alpha value is -9.47. The van der Waals surface area contributed by atoms with Crippen molar-refractivity contribution in [2.24, 2.45) is 0 Å². The summed E-state index contributed by atoms with van der Waals surface area (Å²) in [4.78, 5) is 233. The Morgan fingerprint density at radius 3 is 0.971 bits per heavy atom. The number of phosphoric ester groups is 7. The number of H-pyrrole nitrogens is 5. The van der Waals surface area contributed by atoms with E-state index in [0.29, 0.717) is 0 Å². The molecule has 136 heavy (non-hydrogen) atoms. The Morgan fingerprint density at radius 2 is 0.647 bits per heavy atom. The second-order valence-electron chi connectivity index (χ2n) is 30.5. The highest BCUT2D eigenvalue weighted by atomic mass is 31.2. The predicted octanol–water partition coefficient (Wildman–Crippen LogP) is -7.02. The molecule has 10 aromatic rings. The van der Waals surface area contributed by atoms with Crippen LogP contribution in [0.2, 0.25) is 0 Å². The maximum Gasteiger partial charge on any atom is 0.472 e. The lowest BCUT2D eigenvalue weighted by molar-refractivity contribution is -0.0649.